The fourth-order valence-electron chi connectivity index (χ4n) is 1.69. The van der Waals surface area contributed by atoms with Gasteiger partial charge in [-0.2, -0.15) is 5.10 Å². The highest BCUT2D eigenvalue weighted by Gasteiger charge is 2.07. The van der Waals surface area contributed by atoms with Crippen molar-refractivity contribution in [2.75, 3.05) is 7.11 Å². The predicted molar refractivity (Wildman–Crippen MR) is 91.6 cm³/mol. The van der Waals surface area contributed by atoms with Gasteiger partial charge in [-0.05, 0) is 73.8 Å². The number of benzene rings is 2. The number of carbonyl (C=O) groups is 1. The minimum atomic E-state index is -0.358. The van der Waals surface area contributed by atoms with Gasteiger partial charge < -0.3 is 9.84 Å². The molecule has 0 spiro atoms. The number of ether oxygens (including phenoxy) is 1. The summed E-state index contributed by atoms with van der Waals surface area (Å²) < 4.78 is 6.76. The Morgan fingerprint density at radius 2 is 1.82 bits per heavy atom. The summed E-state index contributed by atoms with van der Waals surface area (Å²) in [5.41, 5.74) is 3.61. The Labute approximate surface area is 144 Å². The number of carbonyl (C=O) groups excluding carboxylic acids is 1. The van der Waals surface area contributed by atoms with Crippen molar-refractivity contribution in [1.82, 2.24) is 5.43 Å². The second kappa shape index (κ2) is 7.42. The molecule has 0 heterocycles. The minimum absolute atomic E-state index is 0.105. The van der Waals surface area contributed by atoms with Crippen LogP contribution in [0.25, 0.3) is 0 Å². The highest BCUT2D eigenvalue weighted by Crippen LogP contribution is 2.33. The van der Waals surface area contributed by atoms with Crippen LogP contribution in [0.3, 0.4) is 0 Å². The van der Waals surface area contributed by atoms with E-state index in [1.165, 1.54) is 30.5 Å². The molecule has 2 N–H and O–H groups in total. The molecule has 1 amide bonds. The quantitative estimate of drug-likeness (QED) is 0.577. The number of aromatic hydroxyl groups is 1. The van der Waals surface area contributed by atoms with Crippen molar-refractivity contribution in [2.24, 2.45) is 5.10 Å². The molecule has 0 aliphatic rings. The first-order valence-electron chi connectivity index (χ1n) is 6.16. The van der Waals surface area contributed by atoms with Gasteiger partial charge in [-0.3, -0.25) is 4.79 Å². The zero-order valence-corrected chi connectivity index (χ0v) is 14.7. The second-order valence-corrected chi connectivity index (χ2v) is 5.97. The molecular weight excluding hydrogens is 416 g/mol. The number of halogens is 2. The van der Waals surface area contributed by atoms with Crippen molar-refractivity contribution in [3.8, 4) is 11.5 Å². The number of hydrazone groups is 1. The van der Waals surface area contributed by atoms with Gasteiger partial charge >= 0.3 is 0 Å². The lowest BCUT2D eigenvalue weighted by Gasteiger charge is -2.06. The van der Waals surface area contributed by atoms with E-state index < -0.39 is 0 Å². The molecule has 0 aliphatic heterocycles. The van der Waals surface area contributed by atoms with Gasteiger partial charge in [0.25, 0.3) is 5.91 Å². The van der Waals surface area contributed by atoms with Gasteiger partial charge in [-0.1, -0.05) is 0 Å². The zero-order valence-electron chi connectivity index (χ0n) is 11.5. The van der Waals surface area contributed by atoms with Crippen LogP contribution in [0.1, 0.15) is 15.9 Å². The fourth-order valence-corrected chi connectivity index (χ4v) is 3.24. The van der Waals surface area contributed by atoms with E-state index >= 15 is 0 Å². The summed E-state index contributed by atoms with van der Waals surface area (Å²) in [5, 5.41) is 13.1. The number of hydrogen-bond donors (Lipinski definition) is 2. The first kappa shape index (κ1) is 16.5. The van der Waals surface area contributed by atoms with Crippen LogP contribution >= 0.6 is 31.9 Å². The van der Waals surface area contributed by atoms with E-state index in [1.807, 2.05) is 12.1 Å². The number of phenolic OH excluding ortho intramolecular Hbond substituents is 1. The van der Waals surface area contributed by atoms with Crippen molar-refractivity contribution in [3.63, 3.8) is 0 Å². The van der Waals surface area contributed by atoms with Gasteiger partial charge in [0.1, 0.15) is 11.5 Å². The van der Waals surface area contributed by atoms with E-state index in [9.17, 15) is 9.90 Å². The highest BCUT2D eigenvalue weighted by atomic mass is 79.9. The number of phenols is 1. The van der Waals surface area contributed by atoms with Crippen molar-refractivity contribution in [1.29, 1.82) is 0 Å². The molecular formula is C15H12Br2N2O3. The third-order valence-electron chi connectivity index (χ3n) is 2.73. The molecule has 0 saturated carbocycles. The van der Waals surface area contributed by atoms with Crippen molar-refractivity contribution >= 4 is 44.0 Å². The van der Waals surface area contributed by atoms with Crippen molar-refractivity contribution < 1.29 is 14.6 Å². The van der Waals surface area contributed by atoms with E-state index in [0.29, 0.717) is 11.3 Å². The molecule has 0 saturated heterocycles. The average molecular weight is 428 g/mol. The summed E-state index contributed by atoms with van der Waals surface area (Å²) in [6, 6.07) is 9.55. The first-order valence-corrected chi connectivity index (χ1v) is 7.75. The molecule has 0 unspecified atom stereocenters. The number of amides is 1. The fraction of sp³-hybridized carbons (Fsp3) is 0.0667. The normalized spacial score (nSPS) is 10.7. The van der Waals surface area contributed by atoms with Gasteiger partial charge in [0.05, 0.1) is 22.3 Å². The maximum absolute atomic E-state index is 11.8. The van der Waals surface area contributed by atoms with Gasteiger partial charge in [0.15, 0.2) is 0 Å². The van der Waals surface area contributed by atoms with E-state index in [0.717, 1.165) is 14.5 Å². The maximum atomic E-state index is 11.8. The SMILES string of the molecule is COc1c(Br)cc(/C=N\NC(=O)c2ccc(O)cc2)cc1Br. The number of methoxy groups -OCH3 is 1. The van der Waals surface area contributed by atoms with Crippen LogP contribution in [-0.4, -0.2) is 24.3 Å². The summed E-state index contributed by atoms with van der Waals surface area (Å²) >= 11 is 6.79. The summed E-state index contributed by atoms with van der Waals surface area (Å²) in [7, 11) is 1.58. The number of hydrogen-bond acceptors (Lipinski definition) is 4. The molecule has 0 fully saturated rings. The lowest BCUT2D eigenvalue weighted by molar-refractivity contribution is 0.0955. The molecule has 0 atom stereocenters. The Hall–Kier alpha value is -1.86. The van der Waals surface area contributed by atoms with Gasteiger partial charge in [-0.15, -0.1) is 0 Å². The molecule has 2 rings (SSSR count). The summed E-state index contributed by atoms with van der Waals surface area (Å²) in [5.74, 6) is 0.432. The molecule has 0 radical (unpaired) electrons. The first-order chi connectivity index (χ1) is 10.5. The lowest BCUT2D eigenvalue weighted by atomic mass is 10.2. The topological polar surface area (TPSA) is 70.9 Å². The van der Waals surface area contributed by atoms with Crippen LogP contribution in [0, 0.1) is 0 Å². The Morgan fingerprint density at radius 1 is 1.23 bits per heavy atom. The molecule has 2 aromatic rings. The molecule has 5 nitrogen and oxygen atoms in total. The van der Waals surface area contributed by atoms with Gasteiger partial charge in [0, 0.05) is 5.56 Å². The zero-order chi connectivity index (χ0) is 16.1. The Bertz CT molecular complexity index is 692. The second-order valence-electron chi connectivity index (χ2n) is 4.26. The van der Waals surface area contributed by atoms with E-state index in [4.69, 9.17) is 4.74 Å². The van der Waals surface area contributed by atoms with Crippen molar-refractivity contribution in [2.45, 2.75) is 0 Å². The van der Waals surface area contributed by atoms with Gasteiger partial charge in [-0.25, -0.2) is 5.43 Å². The number of nitrogens with zero attached hydrogens (tertiary/aromatic N) is 1. The Morgan fingerprint density at radius 3 is 2.36 bits per heavy atom. The molecule has 7 heteroatoms. The largest absolute Gasteiger partial charge is 0.508 e. The van der Waals surface area contributed by atoms with Crippen LogP contribution in [0.15, 0.2) is 50.4 Å². The number of rotatable bonds is 4. The molecule has 0 bridgehead atoms. The highest BCUT2D eigenvalue weighted by molar-refractivity contribution is 9.11. The van der Waals surface area contributed by atoms with Crippen LogP contribution in [-0.2, 0) is 0 Å². The Kier molecular flexibility index (Phi) is 5.57. The maximum Gasteiger partial charge on any atom is 0.271 e. The van der Waals surface area contributed by atoms with E-state index in [2.05, 4.69) is 42.4 Å². The Balaban J connectivity index is 2.06. The summed E-state index contributed by atoms with van der Waals surface area (Å²) in [4.78, 5) is 11.8. The summed E-state index contributed by atoms with van der Waals surface area (Å²) in [6.45, 7) is 0. The molecule has 22 heavy (non-hydrogen) atoms. The van der Waals surface area contributed by atoms with E-state index in [-0.39, 0.29) is 11.7 Å². The van der Waals surface area contributed by atoms with Crippen LogP contribution in [0.4, 0.5) is 0 Å². The van der Waals surface area contributed by atoms with Crippen LogP contribution < -0.4 is 10.2 Å². The summed E-state index contributed by atoms with van der Waals surface area (Å²) in [6.07, 6.45) is 1.52. The minimum Gasteiger partial charge on any atom is -0.508 e. The third kappa shape index (κ3) is 4.08. The monoisotopic (exact) mass is 426 g/mol. The molecule has 2 aromatic carbocycles. The predicted octanol–water partition coefficient (Wildman–Crippen LogP) is 3.69. The van der Waals surface area contributed by atoms with Gasteiger partial charge in [0.2, 0.25) is 0 Å². The lowest BCUT2D eigenvalue weighted by Crippen LogP contribution is -2.17. The standard InChI is InChI=1S/C15H12Br2N2O3/c1-22-14-12(16)6-9(7-13(14)17)8-18-19-15(21)10-2-4-11(20)5-3-10/h2-8,20H,1H3,(H,19,21)/b18-8-. The van der Waals surface area contributed by atoms with Crippen LogP contribution in [0.2, 0.25) is 0 Å². The van der Waals surface area contributed by atoms with Crippen molar-refractivity contribution in [3.05, 3.63) is 56.5 Å². The molecule has 0 aliphatic carbocycles. The smallest absolute Gasteiger partial charge is 0.271 e. The molecule has 114 valence electrons. The third-order valence-corrected chi connectivity index (χ3v) is 3.91. The van der Waals surface area contributed by atoms with E-state index in [1.54, 1.807) is 7.11 Å². The average Bonchev–Trinajstić information content (AvgIpc) is 2.47. The molecule has 0 aromatic heterocycles. The van der Waals surface area contributed by atoms with Crippen LogP contribution in [0.5, 0.6) is 11.5 Å². The number of nitrogens with one attached hydrogen (secondary N) is 1.